The van der Waals surface area contributed by atoms with Crippen molar-refractivity contribution in [3.8, 4) is 11.5 Å². The number of alkyl halides is 2. The fourth-order valence-electron chi connectivity index (χ4n) is 2.59. The highest BCUT2D eigenvalue weighted by molar-refractivity contribution is 5.93. The number of quaternary nitrogens is 1. The molecule has 0 saturated heterocycles. The molecule has 2 rings (SSSR count). The van der Waals surface area contributed by atoms with Gasteiger partial charge in [-0.25, -0.2) is 0 Å². The summed E-state index contributed by atoms with van der Waals surface area (Å²) >= 11 is 0. The van der Waals surface area contributed by atoms with E-state index in [9.17, 15) is 13.6 Å². The van der Waals surface area contributed by atoms with Gasteiger partial charge >= 0.3 is 6.61 Å². The predicted octanol–water partition coefficient (Wildman–Crippen LogP) is 2.26. The van der Waals surface area contributed by atoms with Crippen molar-refractivity contribution >= 4 is 11.6 Å². The topological polar surface area (TPSA) is 52.0 Å². The van der Waals surface area contributed by atoms with Crippen LogP contribution in [0.3, 0.4) is 0 Å². The van der Waals surface area contributed by atoms with E-state index >= 15 is 0 Å². The lowest BCUT2D eigenvalue weighted by atomic mass is 10.2. The summed E-state index contributed by atoms with van der Waals surface area (Å²) in [6, 6.07) is 12.0. The molecule has 1 atom stereocenters. The van der Waals surface area contributed by atoms with E-state index in [4.69, 9.17) is 4.74 Å². The van der Waals surface area contributed by atoms with Crippen LogP contribution in [-0.4, -0.2) is 33.2 Å². The molecular weight excluding hydrogens is 342 g/mol. The van der Waals surface area contributed by atoms with E-state index in [1.54, 1.807) is 19.2 Å². The van der Waals surface area contributed by atoms with Gasteiger partial charge < -0.3 is 19.7 Å². The van der Waals surface area contributed by atoms with E-state index in [0.717, 1.165) is 16.0 Å². The van der Waals surface area contributed by atoms with Crippen molar-refractivity contribution in [3.05, 3.63) is 53.6 Å². The average Bonchev–Trinajstić information content (AvgIpc) is 2.56. The molecule has 26 heavy (non-hydrogen) atoms. The Hall–Kier alpha value is -2.67. The van der Waals surface area contributed by atoms with Crippen LogP contribution in [0.2, 0.25) is 0 Å². The molecule has 0 heterocycles. The molecule has 1 unspecified atom stereocenters. The molecule has 7 heteroatoms. The number of halogens is 2. The molecule has 0 radical (unpaired) electrons. The van der Waals surface area contributed by atoms with Gasteiger partial charge in [0.2, 0.25) is 0 Å². The maximum Gasteiger partial charge on any atom is 0.387 e. The number of aryl methyl sites for hydroxylation is 1. The number of methoxy groups -OCH3 is 1. The van der Waals surface area contributed by atoms with Crippen LogP contribution in [0.5, 0.6) is 11.5 Å². The van der Waals surface area contributed by atoms with Gasteiger partial charge in [-0.3, -0.25) is 4.79 Å². The first kappa shape index (κ1) is 19.7. The molecule has 5 nitrogen and oxygen atoms in total. The number of anilines is 1. The molecule has 0 bridgehead atoms. The molecule has 0 fully saturated rings. The summed E-state index contributed by atoms with van der Waals surface area (Å²) in [5.74, 6) is 0.589. The standard InChI is InChI=1S/C19H22F2N2O3/c1-13-4-9-17(25-3)16(10-13)22-18(24)12-23(2)11-14-5-7-15(8-6-14)26-19(20)21/h4-10,19H,11-12H2,1-3H3,(H,22,24)/p+1. The summed E-state index contributed by atoms with van der Waals surface area (Å²) in [7, 11) is 3.44. The van der Waals surface area contributed by atoms with Crippen molar-refractivity contribution in [1.82, 2.24) is 0 Å². The Labute approximate surface area is 151 Å². The van der Waals surface area contributed by atoms with Crippen molar-refractivity contribution in [2.45, 2.75) is 20.1 Å². The van der Waals surface area contributed by atoms with Crippen LogP contribution in [0, 0.1) is 6.92 Å². The van der Waals surface area contributed by atoms with Crippen LogP contribution >= 0.6 is 0 Å². The second-order valence-corrected chi connectivity index (χ2v) is 6.09. The fourth-order valence-corrected chi connectivity index (χ4v) is 2.59. The molecule has 1 amide bonds. The Morgan fingerprint density at radius 2 is 1.88 bits per heavy atom. The van der Waals surface area contributed by atoms with Gasteiger partial charge in [0.1, 0.15) is 18.0 Å². The third-order valence-corrected chi connectivity index (χ3v) is 3.75. The molecule has 0 spiro atoms. The first-order valence-electron chi connectivity index (χ1n) is 8.17. The van der Waals surface area contributed by atoms with Crippen LogP contribution < -0.4 is 19.7 Å². The van der Waals surface area contributed by atoms with Crippen molar-refractivity contribution < 1.29 is 27.9 Å². The van der Waals surface area contributed by atoms with Crippen molar-refractivity contribution in [2.24, 2.45) is 0 Å². The molecule has 0 aliphatic heterocycles. The minimum atomic E-state index is -2.84. The van der Waals surface area contributed by atoms with Crippen LogP contribution in [0.25, 0.3) is 0 Å². The normalized spacial score (nSPS) is 11.9. The lowest BCUT2D eigenvalue weighted by molar-refractivity contribution is -0.885. The maximum absolute atomic E-state index is 12.3. The van der Waals surface area contributed by atoms with E-state index in [0.29, 0.717) is 18.0 Å². The highest BCUT2D eigenvalue weighted by Gasteiger charge is 2.13. The zero-order valence-corrected chi connectivity index (χ0v) is 15.0. The van der Waals surface area contributed by atoms with Gasteiger partial charge in [-0.15, -0.1) is 0 Å². The average molecular weight is 365 g/mol. The molecule has 140 valence electrons. The van der Waals surface area contributed by atoms with Gasteiger partial charge in [0, 0.05) is 5.56 Å². The second kappa shape index (κ2) is 9.15. The number of hydrogen-bond acceptors (Lipinski definition) is 3. The van der Waals surface area contributed by atoms with Crippen LogP contribution in [-0.2, 0) is 11.3 Å². The molecule has 0 saturated carbocycles. The van der Waals surface area contributed by atoms with Gasteiger partial charge in [0.05, 0.1) is 19.8 Å². The summed E-state index contributed by atoms with van der Waals surface area (Å²) in [6.07, 6.45) is 0. The summed E-state index contributed by atoms with van der Waals surface area (Å²) < 4.78 is 33.9. The number of amides is 1. The van der Waals surface area contributed by atoms with Crippen molar-refractivity contribution in [3.63, 3.8) is 0 Å². The van der Waals surface area contributed by atoms with E-state index in [-0.39, 0.29) is 18.2 Å². The van der Waals surface area contributed by atoms with Gasteiger partial charge in [0.15, 0.2) is 6.54 Å². The molecule has 2 N–H and O–H groups in total. The first-order valence-corrected chi connectivity index (χ1v) is 8.17. The largest absolute Gasteiger partial charge is 0.495 e. The van der Waals surface area contributed by atoms with Gasteiger partial charge in [-0.05, 0) is 48.9 Å². The van der Waals surface area contributed by atoms with Gasteiger partial charge in [-0.2, -0.15) is 8.78 Å². The minimum absolute atomic E-state index is 0.116. The van der Waals surface area contributed by atoms with Crippen LogP contribution in [0.4, 0.5) is 14.5 Å². The highest BCUT2D eigenvalue weighted by Crippen LogP contribution is 2.24. The molecule has 2 aromatic rings. The Morgan fingerprint density at radius 1 is 1.19 bits per heavy atom. The quantitative estimate of drug-likeness (QED) is 0.755. The molecular formula is C19H23F2N2O3+. The number of carbonyl (C=O) groups excluding carboxylic acids is 1. The smallest absolute Gasteiger partial charge is 0.387 e. The number of likely N-dealkylation sites (N-methyl/N-ethyl adjacent to an activating group) is 1. The fraction of sp³-hybridized carbons (Fsp3) is 0.316. The summed E-state index contributed by atoms with van der Waals surface area (Å²) in [6.45, 7) is -0.0652. The molecule has 0 aliphatic rings. The van der Waals surface area contributed by atoms with E-state index in [2.05, 4.69) is 10.1 Å². The lowest BCUT2D eigenvalue weighted by Gasteiger charge is -2.15. The predicted molar refractivity (Wildman–Crippen MR) is 94.9 cm³/mol. The van der Waals surface area contributed by atoms with Gasteiger partial charge in [-0.1, -0.05) is 6.07 Å². The molecule has 2 aromatic carbocycles. The van der Waals surface area contributed by atoms with E-state index in [1.807, 2.05) is 32.2 Å². The monoisotopic (exact) mass is 365 g/mol. The van der Waals surface area contributed by atoms with Gasteiger partial charge in [0.25, 0.3) is 5.91 Å². The SMILES string of the molecule is COc1ccc(C)cc1NC(=O)C[NH+](C)Cc1ccc(OC(F)F)cc1. The van der Waals surface area contributed by atoms with Crippen LogP contribution in [0.1, 0.15) is 11.1 Å². The first-order chi connectivity index (χ1) is 12.4. The minimum Gasteiger partial charge on any atom is -0.495 e. The Bertz CT molecular complexity index is 736. The number of benzene rings is 2. The summed E-state index contributed by atoms with van der Waals surface area (Å²) in [5.41, 5.74) is 2.58. The summed E-state index contributed by atoms with van der Waals surface area (Å²) in [4.78, 5) is 13.2. The number of rotatable bonds is 8. The molecule has 0 aromatic heterocycles. The Balaban J connectivity index is 1.90. The second-order valence-electron chi connectivity index (χ2n) is 6.09. The molecule has 0 aliphatic carbocycles. The highest BCUT2D eigenvalue weighted by atomic mass is 19.3. The maximum atomic E-state index is 12.3. The Kier molecular flexibility index (Phi) is 6.91. The van der Waals surface area contributed by atoms with Crippen molar-refractivity contribution in [2.75, 3.05) is 26.0 Å². The van der Waals surface area contributed by atoms with E-state index in [1.165, 1.54) is 12.1 Å². The van der Waals surface area contributed by atoms with Crippen LogP contribution in [0.15, 0.2) is 42.5 Å². The summed E-state index contributed by atoms with van der Waals surface area (Å²) in [5, 5.41) is 2.86. The lowest BCUT2D eigenvalue weighted by Crippen LogP contribution is -3.08. The van der Waals surface area contributed by atoms with Crippen molar-refractivity contribution in [1.29, 1.82) is 0 Å². The third-order valence-electron chi connectivity index (χ3n) is 3.75. The third kappa shape index (κ3) is 6.00. The number of carbonyl (C=O) groups is 1. The zero-order chi connectivity index (χ0) is 19.1. The number of ether oxygens (including phenoxy) is 2. The Morgan fingerprint density at radius 3 is 2.50 bits per heavy atom. The zero-order valence-electron chi connectivity index (χ0n) is 15.0. The number of hydrogen-bond donors (Lipinski definition) is 2. The van der Waals surface area contributed by atoms with E-state index < -0.39 is 6.61 Å². The number of nitrogens with one attached hydrogen (secondary N) is 2.